The molecule has 1 amide bonds. The van der Waals surface area contributed by atoms with Gasteiger partial charge in [-0.15, -0.1) is 11.3 Å². The van der Waals surface area contributed by atoms with Crippen LogP contribution in [0.1, 0.15) is 21.1 Å². The number of amides is 1. The Hall–Kier alpha value is -2.54. The normalized spacial score (nSPS) is 10.7. The van der Waals surface area contributed by atoms with Crippen molar-refractivity contribution in [3.63, 3.8) is 0 Å². The van der Waals surface area contributed by atoms with Gasteiger partial charge in [0.05, 0.1) is 29.8 Å². The molecular formula is C14H13N5OS. The van der Waals surface area contributed by atoms with E-state index < -0.39 is 0 Å². The highest BCUT2D eigenvalue weighted by Gasteiger charge is 2.16. The number of aryl methyl sites for hydroxylation is 1. The predicted molar refractivity (Wildman–Crippen MR) is 82.0 cm³/mol. The van der Waals surface area contributed by atoms with Crippen molar-refractivity contribution in [1.29, 1.82) is 0 Å². The number of nitrogens with two attached hydrogens (primary N) is 1. The van der Waals surface area contributed by atoms with Crippen LogP contribution < -0.4 is 11.1 Å². The monoisotopic (exact) mass is 299 g/mol. The number of pyridine rings is 1. The number of nitrogens with one attached hydrogen (secondary N) is 1. The van der Waals surface area contributed by atoms with Gasteiger partial charge in [-0.3, -0.25) is 14.8 Å². The molecule has 3 rings (SSSR count). The maximum Gasteiger partial charge on any atom is 0.263 e. The van der Waals surface area contributed by atoms with Crippen molar-refractivity contribution < 1.29 is 4.79 Å². The minimum atomic E-state index is -0.224. The Balaban J connectivity index is 1.78. The first-order valence-electron chi connectivity index (χ1n) is 6.34. The summed E-state index contributed by atoms with van der Waals surface area (Å²) in [6.07, 6.45) is 4.99. The topological polar surface area (TPSA) is 93.8 Å². The average molecular weight is 299 g/mol. The van der Waals surface area contributed by atoms with Gasteiger partial charge < -0.3 is 11.1 Å². The standard InChI is InChI=1S/C14H13N5OS/c1-8-5-18-9(6-17-8)7-19-13(20)12-11(15)10-3-2-4-16-14(10)21-12/h2-6H,7,15H2,1H3,(H,19,20). The average Bonchev–Trinajstić information content (AvgIpc) is 2.84. The lowest BCUT2D eigenvalue weighted by Crippen LogP contribution is -2.23. The van der Waals surface area contributed by atoms with Gasteiger partial charge in [0.1, 0.15) is 9.71 Å². The fourth-order valence-electron chi connectivity index (χ4n) is 1.88. The molecule has 0 aliphatic carbocycles. The quantitative estimate of drug-likeness (QED) is 0.770. The van der Waals surface area contributed by atoms with Gasteiger partial charge in [-0.05, 0) is 19.1 Å². The maximum absolute atomic E-state index is 12.2. The number of nitrogen functional groups attached to an aromatic ring is 1. The van der Waals surface area contributed by atoms with E-state index in [0.29, 0.717) is 22.8 Å². The molecule has 0 aliphatic heterocycles. The molecule has 6 nitrogen and oxygen atoms in total. The molecule has 0 saturated heterocycles. The summed E-state index contributed by atoms with van der Waals surface area (Å²) in [5, 5.41) is 3.61. The van der Waals surface area contributed by atoms with Crippen LogP contribution in [0.5, 0.6) is 0 Å². The number of hydrogen-bond acceptors (Lipinski definition) is 6. The molecule has 0 saturated carbocycles. The third-order valence-electron chi connectivity index (χ3n) is 2.98. The first kappa shape index (κ1) is 13.4. The van der Waals surface area contributed by atoms with E-state index in [4.69, 9.17) is 5.73 Å². The van der Waals surface area contributed by atoms with Gasteiger partial charge in [0.15, 0.2) is 0 Å². The molecule has 0 atom stereocenters. The number of fused-ring (bicyclic) bond motifs is 1. The molecule has 0 radical (unpaired) electrons. The van der Waals surface area contributed by atoms with Crippen molar-refractivity contribution >= 4 is 33.1 Å². The van der Waals surface area contributed by atoms with E-state index in [-0.39, 0.29) is 5.91 Å². The number of carbonyl (C=O) groups is 1. The molecule has 106 valence electrons. The molecule has 21 heavy (non-hydrogen) atoms. The Kier molecular flexibility index (Phi) is 3.49. The zero-order valence-corrected chi connectivity index (χ0v) is 12.1. The van der Waals surface area contributed by atoms with Crippen molar-refractivity contribution in [1.82, 2.24) is 20.3 Å². The molecule has 0 aromatic carbocycles. The van der Waals surface area contributed by atoms with E-state index in [0.717, 1.165) is 15.9 Å². The summed E-state index contributed by atoms with van der Waals surface area (Å²) in [6.45, 7) is 2.17. The lowest BCUT2D eigenvalue weighted by Gasteiger charge is -2.04. The summed E-state index contributed by atoms with van der Waals surface area (Å²) in [5.74, 6) is -0.224. The second-order valence-corrected chi connectivity index (χ2v) is 5.53. The van der Waals surface area contributed by atoms with Crippen LogP contribution in [-0.4, -0.2) is 20.9 Å². The Morgan fingerprint density at radius 2 is 2.19 bits per heavy atom. The molecule has 0 bridgehead atoms. The number of nitrogens with zero attached hydrogens (tertiary/aromatic N) is 3. The van der Waals surface area contributed by atoms with Crippen molar-refractivity contribution in [3.05, 3.63) is 47.0 Å². The second kappa shape index (κ2) is 5.45. The van der Waals surface area contributed by atoms with Crippen LogP contribution in [0, 0.1) is 6.92 Å². The third kappa shape index (κ3) is 2.68. The van der Waals surface area contributed by atoms with E-state index in [1.165, 1.54) is 11.3 Å². The lowest BCUT2D eigenvalue weighted by molar-refractivity contribution is 0.0955. The Labute approximate surface area is 125 Å². The van der Waals surface area contributed by atoms with Crippen LogP contribution in [0.15, 0.2) is 30.7 Å². The first-order chi connectivity index (χ1) is 10.1. The van der Waals surface area contributed by atoms with Crippen LogP contribution in [0.3, 0.4) is 0 Å². The van der Waals surface area contributed by atoms with Crippen molar-refractivity contribution in [3.8, 4) is 0 Å². The van der Waals surface area contributed by atoms with Crippen LogP contribution in [0.4, 0.5) is 5.69 Å². The summed E-state index contributed by atoms with van der Waals surface area (Å²) in [5.41, 5.74) is 8.02. The highest BCUT2D eigenvalue weighted by atomic mass is 32.1. The zero-order chi connectivity index (χ0) is 14.8. The van der Waals surface area contributed by atoms with Crippen molar-refractivity contribution in [2.75, 3.05) is 5.73 Å². The summed E-state index contributed by atoms with van der Waals surface area (Å²) in [4.78, 5) is 26.0. The van der Waals surface area contributed by atoms with Gasteiger partial charge in [0, 0.05) is 17.8 Å². The fraction of sp³-hybridized carbons (Fsp3) is 0.143. The number of aromatic nitrogens is 3. The van der Waals surface area contributed by atoms with Gasteiger partial charge in [-0.2, -0.15) is 0 Å². The van der Waals surface area contributed by atoms with E-state index in [1.807, 2.05) is 13.0 Å². The van der Waals surface area contributed by atoms with Gasteiger partial charge in [0.2, 0.25) is 0 Å². The Bertz CT molecular complexity index is 797. The van der Waals surface area contributed by atoms with Crippen molar-refractivity contribution in [2.45, 2.75) is 13.5 Å². The largest absolute Gasteiger partial charge is 0.397 e. The van der Waals surface area contributed by atoms with Crippen molar-refractivity contribution in [2.24, 2.45) is 0 Å². The minimum absolute atomic E-state index is 0.224. The third-order valence-corrected chi connectivity index (χ3v) is 4.10. The molecule has 3 aromatic heterocycles. The van der Waals surface area contributed by atoms with Crippen LogP contribution in [0.25, 0.3) is 10.2 Å². The van der Waals surface area contributed by atoms with E-state index in [9.17, 15) is 4.79 Å². The van der Waals surface area contributed by atoms with Gasteiger partial charge in [0.25, 0.3) is 5.91 Å². The molecule has 0 fully saturated rings. The van der Waals surface area contributed by atoms with E-state index in [1.54, 1.807) is 24.7 Å². The summed E-state index contributed by atoms with van der Waals surface area (Å²) in [7, 11) is 0. The maximum atomic E-state index is 12.2. The number of hydrogen-bond donors (Lipinski definition) is 2. The van der Waals surface area contributed by atoms with Crippen LogP contribution in [-0.2, 0) is 6.54 Å². The first-order valence-corrected chi connectivity index (χ1v) is 7.15. The van der Waals surface area contributed by atoms with E-state index in [2.05, 4.69) is 20.3 Å². The zero-order valence-electron chi connectivity index (χ0n) is 11.3. The van der Waals surface area contributed by atoms with Gasteiger partial charge >= 0.3 is 0 Å². The summed E-state index contributed by atoms with van der Waals surface area (Å²) >= 11 is 1.29. The molecule has 3 heterocycles. The SMILES string of the molecule is Cc1cnc(CNC(=O)c2sc3ncccc3c2N)cn1. The fourth-order valence-corrected chi connectivity index (χ4v) is 2.86. The second-order valence-electron chi connectivity index (χ2n) is 4.53. The molecule has 0 unspecified atom stereocenters. The molecule has 3 aromatic rings. The number of thiophene rings is 1. The highest BCUT2D eigenvalue weighted by Crippen LogP contribution is 2.31. The van der Waals surface area contributed by atoms with Gasteiger partial charge in [-0.1, -0.05) is 0 Å². The lowest BCUT2D eigenvalue weighted by atomic mass is 10.2. The number of carbonyl (C=O) groups excluding carboxylic acids is 1. The van der Waals surface area contributed by atoms with Gasteiger partial charge in [-0.25, -0.2) is 4.98 Å². The molecule has 3 N–H and O–H groups in total. The molecule has 0 spiro atoms. The predicted octanol–water partition coefficient (Wildman–Crippen LogP) is 1.91. The number of anilines is 1. The van der Waals surface area contributed by atoms with Crippen LogP contribution >= 0.6 is 11.3 Å². The highest BCUT2D eigenvalue weighted by molar-refractivity contribution is 7.21. The molecular weight excluding hydrogens is 286 g/mol. The summed E-state index contributed by atoms with van der Waals surface area (Å²) in [6, 6.07) is 3.66. The molecule has 0 aliphatic rings. The summed E-state index contributed by atoms with van der Waals surface area (Å²) < 4.78 is 0. The molecule has 7 heteroatoms. The smallest absolute Gasteiger partial charge is 0.263 e. The minimum Gasteiger partial charge on any atom is -0.397 e. The number of rotatable bonds is 3. The van der Waals surface area contributed by atoms with Crippen LogP contribution in [0.2, 0.25) is 0 Å². The Morgan fingerprint density at radius 3 is 2.90 bits per heavy atom. The Morgan fingerprint density at radius 1 is 1.33 bits per heavy atom. The van der Waals surface area contributed by atoms with E-state index >= 15 is 0 Å².